The first-order valence-electron chi connectivity index (χ1n) is 4.93. The van der Waals surface area contributed by atoms with E-state index in [-0.39, 0.29) is 11.9 Å². The third-order valence-corrected chi connectivity index (χ3v) is 2.34. The van der Waals surface area contributed by atoms with Crippen molar-refractivity contribution in [3.05, 3.63) is 35.6 Å². The number of nitrogens with zero attached hydrogens (tertiary/aromatic N) is 1. The fraction of sp³-hybridized carbons (Fsp3) is 0.364. The summed E-state index contributed by atoms with van der Waals surface area (Å²) in [5, 5.41) is 7.02. The molecular weight excluding hydrogens is 195 g/mol. The van der Waals surface area contributed by atoms with Crippen LogP contribution in [0.15, 0.2) is 29.4 Å². The van der Waals surface area contributed by atoms with Gasteiger partial charge >= 0.3 is 0 Å². The number of halogens is 1. The average Bonchev–Trinajstić information content (AvgIpc) is 2.68. The zero-order valence-corrected chi connectivity index (χ0v) is 8.53. The van der Waals surface area contributed by atoms with Gasteiger partial charge in [0.1, 0.15) is 11.9 Å². The second-order valence-corrected chi connectivity index (χ2v) is 3.53. The van der Waals surface area contributed by atoms with Crippen LogP contribution in [0.5, 0.6) is 0 Å². The van der Waals surface area contributed by atoms with E-state index in [1.807, 2.05) is 7.05 Å². The highest BCUT2D eigenvalue weighted by molar-refractivity contribution is 6.01. The van der Waals surface area contributed by atoms with Crippen molar-refractivity contribution in [3.8, 4) is 0 Å². The first-order chi connectivity index (χ1) is 7.29. The third kappa shape index (κ3) is 2.33. The molecule has 4 heteroatoms. The van der Waals surface area contributed by atoms with Gasteiger partial charge < -0.3 is 10.2 Å². The predicted octanol–water partition coefficient (Wildman–Crippen LogP) is 1.54. The summed E-state index contributed by atoms with van der Waals surface area (Å²) < 4.78 is 12.7. The van der Waals surface area contributed by atoms with Gasteiger partial charge in [0.15, 0.2) is 0 Å². The van der Waals surface area contributed by atoms with Crippen LogP contribution in [-0.2, 0) is 4.84 Å². The number of hydrogen-bond acceptors (Lipinski definition) is 3. The van der Waals surface area contributed by atoms with Crippen molar-refractivity contribution in [3.63, 3.8) is 0 Å². The molecule has 0 bridgehead atoms. The lowest BCUT2D eigenvalue weighted by Crippen LogP contribution is -2.23. The molecule has 1 aliphatic rings. The zero-order valence-electron chi connectivity index (χ0n) is 8.53. The first kappa shape index (κ1) is 10.1. The summed E-state index contributed by atoms with van der Waals surface area (Å²) in [6, 6.07) is 6.31. The maximum Gasteiger partial charge on any atom is 0.145 e. The van der Waals surface area contributed by atoms with E-state index >= 15 is 0 Å². The van der Waals surface area contributed by atoms with E-state index in [4.69, 9.17) is 4.84 Å². The molecule has 0 saturated carbocycles. The Morgan fingerprint density at radius 3 is 2.87 bits per heavy atom. The number of likely N-dealkylation sites (N-methyl/N-ethyl adjacent to an activating group) is 1. The van der Waals surface area contributed by atoms with Gasteiger partial charge in [0, 0.05) is 13.0 Å². The van der Waals surface area contributed by atoms with Gasteiger partial charge in [-0.15, -0.1) is 0 Å². The quantitative estimate of drug-likeness (QED) is 0.817. The topological polar surface area (TPSA) is 33.6 Å². The van der Waals surface area contributed by atoms with Crippen LogP contribution in [0, 0.1) is 5.82 Å². The lowest BCUT2D eigenvalue weighted by Gasteiger charge is -2.05. The van der Waals surface area contributed by atoms with Crippen molar-refractivity contribution in [1.82, 2.24) is 5.32 Å². The summed E-state index contributed by atoms with van der Waals surface area (Å²) in [6.45, 7) is 0.772. The minimum absolute atomic E-state index is 0.0926. The molecule has 1 heterocycles. The Morgan fingerprint density at radius 1 is 1.47 bits per heavy atom. The van der Waals surface area contributed by atoms with Crippen LogP contribution >= 0.6 is 0 Å². The van der Waals surface area contributed by atoms with Crippen molar-refractivity contribution in [2.45, 2.75) is 12.5 Å². The Morgan fingerprint density at radius 2 is 2.20 bits per heavy atom. The molecule has 0 aromatic heterocycles. The summed E-state index contributed by atoms with van der Waals surface area (Å²) in [7, 11) is 1.87. The molecule has 1 aromatic carbocycles. The maximum atomic E-state index is 12.7. The zero-order chi connectivity index (χ0) is 10.7. The number of nitrogens with one attached hydrogen (secondary N) is 1. The van der Waals surface area contributed by atoms with Gasteiger partial charge in [-0.05, 0) is 24.7 Å². The van der Waals surface area contributed by atoms with Crippen molar-refractivity contribution in [2.75, 3.05) is 13.6 Å². The minimum Gasteiger partial charge on any atom is -0.390 e. The van der Waals surface area contributed by atoms with Gasteiger partial charge in [0.25, 0.3) is 0 Å². The van der Waals surface area contributed by atoms with Gasteiger partial charge in [0.05, 0.1) is 5.71 Å². The first-order valence-corrected chi connectivity index (χ1v) is 4.93. The normalized spacial score (nSPS) is 19.9. The SMILES string of the molecule is CNCC1CC(c2ccc(F)cc2)=NO1. The summed E-state index contributed by atoms with van der Waals surface area (Å²) in [6.07, 6.45) is 0.863. The molecule has 3 nitrogen and oxygen atoms in total. The summed E-state index contributed by atoms with van der Waals surface area (Å²) in [5.41, 5.74) is 1.81. The standard InChI is InChI=1S/C11H13FN2O/c1-13-7-10-6-11(14-15-10)8-2-4-9(12)5-3-8/h2-5,10,13H,6-7H2,1H3. The molecule has 0 saturated heterocycles. The highest BCUT2D eigenvalue weighted by Crippen LogP contribution is 2.16. The van der Waals surface area contributed by atoms with E-state index in [2.05, 4.69) is 10.5 Å². The van der Waals surface area contributed by atoms with Crippen molar-refractivity contribution < 1.29 is 9.23 Å². The molecule has 1 aliphatic heterocycles. The van der Waals surface area contributed by atoms with Gasteiger partial charge in [-0.2, -0.15) is 0 Å². The van der Waals surface area contributed by atoms with Gasteiger partial charge in [0.2, 0.25) is 0 Å². The predicted molar refractivity (Wildman–Crippen MR) is 56.4 cm³/mol. The Hall–Kier alpha value is -1.42. The lowest BCUT2D eigenvalue weighted by atomic mass is 10.1. The summed E-state index contributed by atoms with van der Waals surface area (Å²) >= 11 is 0. The van der Waals surface area contributed by atoms with E-state index < -0.39 is 0 Å². The van der Waals surface area contributed by atoms with Crippen LogP contribution in [0.4, 0.5) is 4.39 Å². The van der Waals surface area contributed by atoms with Gasteiger partial charge in [-0.3, -0.25) is 0 Å². The van der Waals surface area contributed by atoms with Crippen LogP contribution in [0.1, 0.15) is 12.0 Å². The Balaban J connectivity index is 2.04. The van der Waals surface area contributed by atoms with E-state index in [0.717, 1.165) is 24.2 Å². The maximum absolute atomic E-state index is 12.7. The molecular formula is C11H13FN2O. The van der Waals surface area contributed by atoms with E-state index in [1.165, 1.54) is 12.1 Å². The van der Waals surface area contributed by atoms with Crippen molar-refractivity contribution in [2.24, 2.45) is 5.16 Å². The molecule has 1 unspecified atom stereocenters. The number of benzene rings is 1. The van der Waals surface area contributed by atoms with Crippen molar-refractivity contribution in [1.29, 1.82) is 0 Å². The number of oxime groups is 1. The average molecular weight is 208 g/mol. The van der Waals surface area contributed by atoms with E-state index in [1.54, 1.807) is 12.1 Å². The lowest BCUT2D eigenvalue weighted by molar-refractivity contribution is 0.0866. The highest BCUT2D eigenvalue weighted by Gasteiger charge is 2.21. The molecule has 1 N–H and O–H groups in total. The molecule has 0 spiro atoms. The molecule has 0 radical (unpaired) electrons. The van der Waals surface area contributed by atoms with Crippen LogP contribution in [0.3, 0.4) is 0 Å². The smallest absolute Gasteiger partial charge is 0.145 e. The van der Waals surface area contributed by atoms with Gasteiger partial charge in [-0.1, -0.05) is 17.3 Å². The van der Waals surface area contributed by atoms with Crippen LogP contribution < -0.4 is 5.32 Å². The molecule has 2 rings (SSSR count). The highest BCUT2D eigenvalue weighted by atomic mass is 19.1. The molecule has 1 aromatic rings. The Labute approximate surface area is 87.9 Å². The van der Waals surface area contributed by atoms with E-state index in [9.17, 15) is 4.39 Å². The Kier molecular flexibility index (Phi) is 2.97. The van der Waals surface area contributed by atoms with Crippen LogP contribution in [0.25, 0.3) is 0 Å². The monoisotopic (exact) mass is 208 g/mol. The molecule has 0 amide bonds. The molecule has 0 fully saturated rings. The molecule has 80 valence electrons. The second-order valence-electron chi connectivity index (χ2n) is 3.53. The largest absolute Gasteiger partial charge is 0.390 e. The van der Waals surface area contributed by atoms with Crippen molar-refractivity contribution >= 4 is 5.71 Å². The second kappa shape index (κ2) is 4.40. The fourth-order valence-corrected chi connectivity index (χ4v) is 1.58. The third-order valence-electron chi connectivity index (χ3n) is 2.34. The minimum atomic E-state index is -0.231. The fourth-order valence-electron chi connectivity index (χ4n) is 1.58. The van der Waals surface area contributed by atoms with Gasteiger partial charge in [-0.25, -0.2) is 4.39 Å². The van der Waals surface area contributed by atoms with E-state index in [0.29, 0.717) is 0 Å². The molecule has 1 atom stereocenters. The Bertz CT molecular complexity index is 361. The summed E-state index contributed by atoms with van der Waals surface area (Å²) in [4.78, 5) is 5.22. The molecule has 15 heavy (non-hydrogen) atoms. The summed E-state index contributed by atoms with van der Waals surface area (Å²) in [5.74, 6) is -0.231. The van der Waals surface area contributed by atoms with Crippen LogP contribution in [0.2, 0.25) is 0 Å². The number of hydrogen-bond donors (Lipinski definition) is 1. The van der Waals surface area contributed by atoms with Crippen LogP contribution in [-0.4, -0.2) is 25.4 Å². The molecule has 0 aliphatic carbocycles. The number of rotatable bonds is 3.